The molecule has 21 heavy (non-hydrogen) atoms. The van der Waals surface area contributed by atoms with Crippen molar-refractivity contribution in [3.05, 3.63) is 51.5 Å². The number of anilines is 2. The highest BCUT2D eigenvalue weighted by atomic mass is 35.5. The van der Waals surface area contributed by atoms with Crippen LogP contribution in [0.1, 0.15) is 0 Å². The van der Waals surface area contributed by atoms with Gasteiger partial charge in [-0.25, -0.2) is 8.42 Å². The Morgan fingerprint density at radius 3 is 2.14 bits per heavy atom. The monoisotopic (exact) mass is 365 g/mol. The number of nitrogens with two attached hydrogens (primary N) is 1. The highest BCUT2D eigenvalue weighted by molar-refractivity contribution is 7.93. The summed E-state index contributed by atoms with van der Waals surface area (Å²) >= 11 is 17.7. The SMILES string of the molecule is NNc1ccccc1S(=O)(=O)Nc1c(Cl)cc(Cl)cc1Cl. The molecule has 0 unspecified atom stereocenters. The van der Waals surface area contributed by atoms with Gasteiger partial charge in [0, 0.05) is 5.02 Å². The average molecular weight is 367 g/mol. The molecule has 2 rings (SSSR count). The van der Waals surface area contributed by atoms with Gasteiger partial charge >= 0.3 is 0 Å². The summed E-state index contributed by atoms with van der Waals surface area (Å²) in [4.78, 5) is -0.0328. The standard InChI is InChI=1S/C12H10Cl3N3O2S/c13-7-5-8(14)12(9(15)6-7)18-21(19,20)11-4-2-1-3-10(11)17-16/h1-6,17-18H,16H2. The Balaban J connectivity index is 2.48. The molecule has 0 fully saturated rings. The maximum absolute atomic E-state index is 12.4. The molecule has 0 atom stereocenters. The lowest BCUT2D eigenvalue weighted by molar-refractivity contribution is 0.601. The van der Waals surface area contributed by atoms with E-state index in [4.69, 9.17) is 40.6 Å². The van der Waals surface area contributed by atoms with Crippen LogP contribution in [0.4, 0.5) is 11.4 Å². The van der Waals surface area contributed by atoms with Crippen molar-refractivity contribution in [3.8, 4) is 0 Å². The fourth-order valence-corrected chi connectivity index (χ4v) is 3.95. The minimum atomic E-state index is -3.92. The molecule has 5 nitrogen and oxygen atoms in total. The molecule has 0 aliphatic heterocycles. The van der Waals surface area contributed by atoms with Gasteiger partial charge in [-0.05, 0) is 24.3 Å². The third kappa shape index (κ3) is 3.53. The van der Waals surface area contributed by atoms with Crippen LogP contribution < -0.4 is 16.0 Å². The van der Waals surface area contributed by atoms with E-state index >= 15 is 0 Å². The number of hydrogen-bond acceptors (Lipinski definition) is 4. The fourth-order valence-electron chi connectivity index (χ4n) is 1.65. The minimum absolute atomic E-state index is 0.0328. The van der Waals surface area contributed by atoms with Crippen molar-refractivity contribution in [2.45, 2.75) is 4.90 Å². The molecule has 0 aromatic heterocycles. The van der Waals surface area contributed by atoms with Crippen LogP contribution in [-0.2, 0) is 10.0 Å². The van der Waals surface area contributed by atoms with E-state index in [9.17, 15) is 8.42 Å². The summed E-state index contributed by atoms with van der Waals surface area (Å²) < 4.78 is 27.2. The molecule has 2 aromatic rings. The molecule has 4 N–H and O–H groups in total. The summed E-state index contributed by atoms with van der Waals surface area (Å²) in [6.45, 7) is 0. The number of para-hydroxylation sites is 1. The van der Waals surface area contributed by atoms with E-state index in [1.54, 1.807) is 12.1 Å². The Morgan fingerprint density at radius 1 is 1.00 bits per heavy atom. The van der Waals surface area contributed by atoms with Gasteiger partial charge in [-0.1, -0.05) is 46.9 Å². The van der Waals surface area contributed by atoms with Gasteiger partial charge in [0.25, 0.3) is 10.0 Å². The number of nitrogen functional groups attached to an aromatic ring is 1. The maximum atomic E-state index is 12.4. The van der Waals surface area contributed by atoms with Crippen LogP contribution >= 0.6 is 34.8 Å². The lowest BCUT2D eigenvalue weighted by Gasteiger charge is -2.14. The predicted octanol–water partition coefficient (Wildman–Crippen LogP) is 3.73. The summed E-state index contributed by atoms with van der Waals surface area (Å²) in [5.41, 5.74) is 2.61. The highest BCUT2D eigenvalue weighted by Crippen LogP contribution is 2.35. The van der Waals surface area contributed by atoms with Crippen LogP contribution in [0.15, 0.2) is 41.3 Å². The zero-order chi connectivity index (χ0) is 15.6. The van der Waals surface area contributed by atoms with Gasteiger partial charge in [0.15, 0.2) is 0 Å². The van der Waals surface area contributed by atoms with Gasteiger partial charge < -0.3 is 5.43 Å². The number of hydrogen-bond donors (Lipinski definition) is 3. The third-order valence-electron chi connectivity index (χ3n) is 2.58. The molecule has 0 bridgehead atoms. The van der Waals surface area contributed by atoms with Crippen LogP contribution in [0, 0.1) is 0 Å². The second-order valence-electron chi connectivity index (χ2n) is 3.99. The first-order valence-electron chi connectivity index (χ1n) is 5.58. The van der Waals surface area contributed by atoms with Gasteiger partial charge in [-0.15, -0.1) is 0 Å². The normalized spacial score (nSPS) is 11.2. The van der Waals surface area contributed by atoms with Crippen LogP contribution in [0.25, 0.3) is 0 Å². The summed E-state index contributed by atoms with van der Waals surface area (Å²) in [5.74, 6) is 5.31. The number of nitrogens with one attached hydrogen (secondary N) is 2. The predicted molar refractivity (Wildman–Crippen MR) is 86.5 cm³/mol. The molecule has 0 saturated heterocycles. The van der Waals surface area contributed by atoms with E-state index in [1.165, 1.54) is 24.3 Å². The number of halogens is 3. The van der Waals surface area contributed by atoms with Gasteiger partial charge in [0.2, 0.25) is 0 Å². The van der Waals surface area contributed by atoms with Crippen LogP contribution in [-0.4, -0.2) is 8.42 Å². The van der Waals surface area contributed by atoms with Gasteiger partial charge in [0.05, 0.1) is 21.4 Å². The van der Waals surface area contributed by atoms with E-state index < -0.39 is 10.0 Å². The van der Waals surface area contributed by atoms with Crippen molar-refractivity contribution < 1.29 is 8.42 Å². The fraction of sp³-hybridized carbons (Fsp3) is 0. The first kappa shape index (κ1) is 16.2. The van der Waals surface area contributed by atoms with Crippen LogP contribution in [0.3, 0.4) is 0 Å². The summed E-state index contributed by atoms with van der Waals surface area (Å²) in [6.07, 6.45) is 0. The topological polar surface area (TPSA) is 84.2 Å². The summed E-state index contributed by atoms with van der Waals surface area (Å²) in [7, 11) is -3.92. The van der Waals surface area contributed by atoms with E-state index in [0.29, 0.717) is 5.02 Å². The van der Waals surface area contributed by atoms with E-state index in [0.717, 1.165) is 0 Å². The second kappa shape index (κ2) is 6.29. The van der Waals surface area contributed by atoms with Crippen molar-refractivity contribution in [3.63, 3.8) is 0 Å². The summed E-state index contributed by atoms with van der Waals surface area (Å²) in [5, 5.41) is 0.487. The number of sulfonamides is 1. The van der Waals surface area contributed by atoms with Gasteiger partial charge in [0.1, 0.15) is 4.90 Å². The highest BCUT2D eigenvalue weighted by Gasteiger charge is 2.21. The molecular weight excluding hydrogens is 357 g/mol. The minimum Gasteiger partial charge on any atom is -0.323 e. The Bertz CT molecular complexity index is 758. The Kier molecular flexibility index (Phi) is 4.85. The molecule has 0 saturated carbocycles. The molecule has 112 valence electrons. The first-order chi connectivity index (χ1) is 9.85. The molecule has 9 heteroatoms. The number of rotatable bonds is 4. The molecule has 2 aromatic carbocycles. The molecule has 0 amide bonds. The molecule has 0 spiro atoms. The quantitative estimate of drug-likeness (QED) is 0.568. The largest absolute Gasteiger partial charge is 0.323 e. The van der Waals surface area contributed by atoms with Crippen LogP contribution in [0.5, 0.6) is 0 Å². The lowest BCUT2D eigenvalue weighted by atomic mass is 10.3. The van der Waals surface area contributed by atoms with Crippen molar-refractivity contribution in [2.75, 3.05) is 10.1 Å². The molecular formula is C12H10Cl3N3O2S. The third-order valence-corrected chi connectivity index (χ3v) is 4.80. The van der Waals surface area contributed by atoms with E-state index in [-0.39, 0.29) is 26.3 Å². The molecule has 0 radical (unpaired) electrons. The average Bonchev–Trinajstić information content (AvgIpc) is 2.43. The van der Waals surface area contributed by atoms with Crippen molar-refractivity contribution in [1.29, 1.82) is 0 Å². The Labute approximate surface area is 137 Å². The zero-order valence-electron chi connectivity index (χ0n) is 10.4. The molecule has 0 aliphatic carbocycles. The number of benzene rings is 2. The Hall–Kier alpha value is -1.18. The van der Waals surface area contributed by atoms with Crippen LogP contribution in [0.2, 0.25) is 15.1 Å². The van der Waals surface area contributed by atoms with Crippen molar-refractivity contribution in [1.82, 2.24) is 0 Å². The molecule has 0 heterocycles. The van der Waals surface area contributed by atoms with Gasteiger partial charge in [-0.3, -0.25) is 10.6 Å². The maximum Gasteiger partial charge on any atom is 0.264 e. The molecule has 0 aliphatic rings. The Morgan fingerprint density at radius 2 is 1.57 bits per heavy atom. The summed E-state index contributed by atoms with van der Waals surface area (Å²) in [6, 6.07) is 8.92. The van der Waals surface area contributed by atoms with Crippen molar-refractivity contribution in [2.24, 2.45) is 5.84 Å². The lowest BCUT2D eigenvalue weighted by Crippen LogP contribution is -2.17. The zero-order valence-corrected chi connectivity index (χ0v) is 13.5. The smallest absolute Gasteiger partial charge is 0.264 e. The van der Waals surface area contributed by atoms with Crippen molar-refractivity contribution >= 4 is 56.2 Å². The first-order valence-corrected chi connectivity index (χ1v) is 8.20. The van der Waals surface area contributed by atoms with Gasteiger partial charge in [-0.2, -0.15) is 0 Å². The van der Waals surface area contributed by atoms with E-state index in [1.807, 2.05) is 0 Å². The number of hydrazine groups is 1. The van der Waals surface area contributed by atoms with E-state index in [2.05, 4.69) is 10.1 Å². The second-order valence-corrected chi connectivity index (χ2v) is 6.89.